The molecule has 9 heteroatoms. The Morgan fingerprint density at radius 2 is 2.09 bits per heavy atom. The van der Waals surface area contributed by atoms with Crippen molar-refractivity contribution >= 4 is 28.7 Å². The first-order valence-electron chi connectivity index (χ1n) is 6.75. The second-order valence-electron chi connectivity index (χ2n) is 4.92. The van der Waals surface area contributed by atoms with Gasteiger partial charge < -0.3 is 9.88 Å². The molecule has 1 aliphatic heterocycles. The maximum atomic E-state index is 12.8. The first kappa shape index (κ1) is 15.1. The quantitative estimate of drug-likeness (QED) is 0.873. The van der Waals surface area contributed by atoms with Crippen LogP contribution in [0.3, 0.4) is 0 Å². The molecule has 3 heterocycles. The van der Waals surface area contributed by atoms with Crippen LogP contribution in [0.4, 0.5) is 13.2 Å². The van der Waals surface area contributed by atoms with E-state index in [1.54, 1.807) is 16.7 Å². The van der Waals surface area contributed by atoms with Crippen molar-refractivity contribution < 1.29 is 18.0 Å². The van der Waals surface area contributed by atoms with Crippen LogP contribution in [0.1, 0.15) is 22.6 Å². The van der Waals surface area contributed by atoms with Gasteiger partial charge >= 0.3 is 6.18 Å². The minimum absolute atomic E-state index is 0.0178. The highest BCUT2D eigenvalue weighted by molar-refractivity contribution is 7.99. The number of hydrogen-bond donors (Lipinski definition) is 1. The van der Waals surface area contributed by atoms with E-state index in [1.165, 1.54) is 12.4 Å². The SMILES string of the molecule is O=C(c1cncc2[nH]c(C(F)(F)F)nc12)N1CCCSCC1. The number of alkyl halides is 3. The lowest BCUT2D eigenvalue weighted by molar-refractivity contribution is -0.144. The molecule has 118 valence electrons. The predicted octanol–water partition coefficient (Wildman–Crippen LogP) is 2.56. The molecular formula is C13H13F3N4OS. The summed E-state index contributed by atoms with van der Waals surface area (Å²) in [6.07, 6.45) is -1.19. The number of rotatable bonds is 1. The highest BCUT2D eigenvalue weighted by Gasteiger charge is 2.35. The fourth-order valence-electron chi connectivity index (χ4n) is 2.34. The first-order valence-corrected chi connectivity index (χ1v) is 7.90. The zero-order valence-electron chi connectivity index (χ0n) is 11.5. The molecule has 0 radical (unpaired) electrons. The summed E-state index contributed by atoms with van der Waals surface area (Å²) in [5.41, 5.74) is 0.239. The van der Waals surface area contributed by atoms with Crippen molar-refractivity contribution in [1.29, 1.82) is 0 Å². The third-order valence-corrected chi connectivity index (χ3v) is 4.45. The second kappa shape index (κ2) is 5.79. The van der Waals surface area contributed by atoms with Crippen LogP contribution in [0.5, 0.6) is 0 Å². The summed E-state index contributed by atoms with van der Waals surface area (Å²) in [7, 11) is 0. The molecule has 3 rings (SSSR count). The van der Waals surface area contributed by atoms with Gasteiger partial charge in [-0.1, -0.05) is 0 Å². The third-order valence-electron chi connectivity index (χ3n) is 3.40. The fraction of sp³-hybridized carbons (Fsp3) is 0.462. The molecule has 1 fully saturated rings. The molecule has 2 aromatic rings. The molecule has 1 amide bonds. The van der Waals surface area contributed by atoms with Gasteiger partial charge in [0.05, 0.1) is 17.3 Å². The first-order chi connectivity index (χ1) is 10.5. The van der Waals surface area contributed by atoms with Crippen molar-refractivity contribution in [3.63, 3.8) is 0 Å². The van der Waals surface area contributed by atoms with Crippen LogP contribution in [0.15, 0.2) is 12.4 Å². The van der Waals surface area contributed by atoms with Gasteiger partial charge in [0, 0.05) is 25.0 Å². The van der Waals surface area contributed by atoms with Crippen molar-refractivity contribution in [1.82, 2.24) is 19.9 Å². The molecule has 5 nitrogen and oxygen atoms in total. The van der Waals surface area contributed by atoms with Crippen LogP contribution in [0.2, 0.25) is 0 Å². The zero-order chi connectivity index (χ0) is 15.7. The number of thioether (sulfide) groups is 1. The zero-order valence-corrected chi connectivity index (χ0v) is 12.3. The van der Waals surface area contributed by atoms with E-state index >= 15 is 0 Å². The number of pyridine rings is 1. The molecule has 22 heavy (non-hydrogen) atoms. The molecule has 0 spiro atoms. The van der Waals surface area contributed by atoms with E-state index in [2.05, 4.69) is 15.0 Å². The van der Waals surface area contributed by atoms with Crippen molar-refractivity contribution in [2.75, 3.05) is 24.6 Å². The van der Waals surface area contributed by atoms with E-state index in [1.807, 2.05) is 0 Å². The van der Waals surface area contributed by atoms with Crippen LogP contribution >= 0.6 is 11.8 Å². The number of halogens is 3. The molecular weight excluding hydrogens is 317 g/mol. The van der Waals surface area contributed by atoms with Gasteiger partial charge in [-0.05, 0) is 12.2 Å². The molecule has 1 N–H and O–H groups in total. The predicted molar refractivity (Wildman–Crippen MR) is 76.7 cm³/mol. The van der Waals surface area contributed by atoms with Gasteiger partial charge in [0.1, 0.15) is 5.52 Å². The molecule has 0 aromatic carbocycles. The normalized spacial score (nSPS) is 16.8. The molecule has 0 atom stereocenters. The van der Waals surface area contributed by atoms with Gasteiger partial charge in [0.25, 0.3) is 5.91 Å². The summed E-state index contributed by atoms with van der Waals surface area (Å²) in [5, 5.41) is 0. The summed E-state index contributed by atoms with van der Waals surface area (Å²) in [5.74, 6) is 0.368. The lowest BCUT2D eigenvalue weighted by Crippen LogP contribution is -2.33. The highest BCUT2D eigenvalue weighted by atomic mass is 32.2. The topological polar surface area (TPSA) is 61.9 Å². The Kier molecular flexibility index (Phi) is 3.98. The second-order valence-corrected chi connectivity index (χ2v) is 6.15. The Bertz CT molecular complexity index is 692. The molecule has 2 aromatic heterocycles. The largest absolute Gasteiger partial charge is 0.449 e. The van der Waals surface area contributed by atoms with Crippen LogP contribution < -0.4 is 0 Å². The number of aromatic nitrogens is 3. The van der Waals surface area contributed by atoms with E-state index < -0.39 is 12.0 Å². The van der Waals surface area contributed by atoms with Gasteiger partial charge in [-0.25, -0.2) is 4.98 Å². The van der Waals surface area contributed by atoms with Crippen molar-refractivity contribution in [3.8, 4) is 0 Å². The van der Waals surface area contributed by atoms with Gasteiger partial charge in [0.15, 0.2) is 0 Å². The van der Waals surface area contributed by atoms with Gasteiger partial charge in [-0.2, -0.15) is 24.9 Å². The van der Waals surface area contributed by atoms with Gasteiger partial charge in [-0.3, -0.25) is 9.78 Å². The van der Waals surface area contributed by atoms with Crippen molar-refractivity contribution in [2.24, 2.45) is 0 Å². The van der Waals surface area contributed by atoms with Crippen molar-refractivity contribution in [3.05, 3.63) is 23.8 Å². The third kappa shape index (κ3) is 2.90. The number of hydrogen-bond acceptors (Lipinski definition) is 4. The molecule has 0 saturated carbocycles. The number of H-pyrrole nitrogens is 1. The number of aromatic amines is 1. The lowest BCUT2D eigenvalue weighted by Gasteiger charge is -2.19. The standard InChI is InChI=1S/C13H13F3N4OS/c14-13(15,16)12-18-9-7-17-6-8(10(9)19-12)11(21)20-2-1-4-22-5-3-20/h6-7H,1-5H2,(H,18,19). The van der Waals surface area contributed by atoms with Crippen LogP contribution in [-0.2, 0) is 6.18 Å². The summed E-state index contributed by atoms with van der Waals surface area (Å²) < 4.78 is 38.3. The summed E-state index contributed by atoms with van der Waals surface area (Å²) >= 11 is 1.76. The van der Waals surface area contributed by atoms with E-state index in [0.717, 1.165) is 17.9 Å². The maximum absolute atomic E-state index is 12.8. The lowest BCUT2D eigenvalue weighted by atomic mass is 10.2. The molecule has 1 aliphatic rings. The van der Waals surface area contributed by atoms with E-state index in [0.29, 0.717) is 13.1 Å². The minimum atomic E-state index is -4.58. The number of amides is 1. The van der Waals surface area contributed by atoms with Gasteiger partial charge in [-0.15, -0.1) is 0 Å². The van der Waals surface area contributed by atoms with E-state index in [-0.39, 0.29) is 22.5 Å². The molecule has 0 aliphatic carbocycles. The Balaban J connectivity index is 1.99. The maximum Gasteiger partial charge on any atom is 0.449 e. The van der Waals surface area contributed by atoms with E-state index in [4.69, 9.17) is 0 Å². The smallest absolute Gasteiger partial charge is 0.338 e. The molecule has 0 unspecified atom stereocenters. The van der Waals surface area contributed by atoms with Crippen LogP contribution in [-0.4, -0.2) is 50.4 Å². The van der Waals surface area contributed by atoms with Crippen molar-refractivity contribution in [2.45, 2.75) is 12.6 Å². The number of nitrogens with zero attached hydrogens (tertiary/aromatic N) is 3. The Labute approximate surface area is 128 Å². The molecule has 1 saturated heterocycles. The monoisotopic (exact) mass is 330 g/mol. The highest BCUT2D eigenvalue weighted by Crippen LogP contribution is 2.29. The summed E-state index contributed by atoms with van der Waals surface area (Å²) in [4.78, 5) is 23.8. The Morgan fingerprint density at radius 1 is 1.27 bits per heavy atom. The number of carbonyl (C=O) groups is 1. The van der Waals surface area contributed by atoms with Crippen LogP contribution in [0.25, 0.3) is 11.0 Å². The van der Waals surface area contributed by atoms with Gasteiger partial charge in [0.2, 0.25) is 5.82 Å². The average Bonchev–Trinajstić information content (AvgIpc) is 2.74. The van der Waals surface area contributed by atoms with Crippen LogP contribution in [0, 0.1) is 0 Å². The number of fused-ring (bicyclic) bond motifs is 1. The minimum Gasteiger partial charge on any atom is -0.338 e. The number of nitrogens with one attached hydrogen (secondary N) is 1. The molecule has 0 bridgehead atoms. The Hall–Kier alpha value is -1.77. The fourth-order valence-corrected chi connectivity index (χ4v) is 3.23. The summed E-state index contributed by atoms with van der Waals surface area (Å²) in [6.45, 7) is 1.18. The number of carbonyl (C=O) groups excluding carboxylic acids is 1. The average molecular weight is 330 g/mol. The summed E-state index contributed by atoms with van der Waals surface area (Å²) in [6, 6.07) is 0. The number of imidazole rings is 1. The Morgan fingerprint density at radius 3 is 2.86 bits per heavy atom. The van der Waals surface area contributed by atoms with E-state index in [9.17, 15) is 18.0 Å².